The van der Waals surface area contributed by atoms with Crippen molar-refractivity contribution in [1.29, 1.82) is 0 Å². The monoisotopic (exact) mass is 440 g/mol. The molecule has 4 rings (SSSR count). The minimum Gasteiger partial charge on any atom is -0.505 e. The molecular weight excluding hydrogens is 404 g/mol. The van der Waals surface area contributed by atoms with Crippen LogP contribution in [0.15, 0.2) is 21.9 Å². The molecule has 2 aromatic rings. The van der Waals surface area contributed by atoms with Crippen LogP contribution in [0.3, 0.4) is 0 Å². The Morgan fingerprint density at radius 1 is 0.677 bits per heavy atom. The molecule has 6 N–H and O–H groups in total. The first-order chi connectivity index (χ1) is 14.9. The van der Waals surface area contributed by atoms with Crippen molar-refractivity contribution >= 4 is 23.1 Å². The summed E-state index contributed by atoms with van der Waals surface area (Å²) in [5.41, 5.74) is 17.5. The molecule has 2 aliphatic rings. The lowest BCUT2D eigenvalue weighted by atomic mass is 9.83. The van der Waals surface area contributed by atoms with Gasteiger partial charge in [-0.05, 0) is 74.6 Å². The molecule has 0 amide bonds. The van der Waals surface area contributed by atoms with Crippen molar-refractivity contribution in [2.45, 2.75) is 99.7 Å². The van der Waals surface area contributed by atoms with Crippen molar-refractivity contribution in [3.8, 4) is 11.5 Å². The van der Waals surface area contributed by atoms with Crippen molar-refractivity contribution in [3.05, 3.63) is 34.4 Å². The fourth-order valence-electron chi connectivity index (χ4n) is 5.35. The van der Waals surface area contributed by atoms with E-state index < -0.39 is 0 Å². The Morgan fingerprint density at radius 2 is 1.03 bits per heavy atom. The van der Waals surface area contributed by atoms with Crippen LogP contribution in [0.5, 0.6) is 11.5 Å². The van der Waals surface area contributed by atoms with E-state index in [-0.39, 0.29) is 11.5 Å². The molecule has 2 aromatic carbocycles. The second-order valence-corrected chi connectivity index (χ2v) is 10.6. The van der Waals surface area contributed by atoms with Crippen LogP contribution in [0.2, 0.25) is 0 Å². The van der Waals surface area contributed by atoms with Gasteiger partial charge in [0.05, 0.1) is 11.4 Å². The highest BCUT2D eigenvalue weighted by molar-refractivity contribution is 7.99. The minimum absolute atomic E-state index is 0.263. The summed E-state index contributed by atoms with van der Waals surface area (Å²) in [5.74, 6) is 1.27. The zero-order valence-electron chi connectivity index (χ0n) is 18.8. The first-order valence-electron chi connectivity index (χ1n) is 11.8. The maximum Gasteiger partial charge on any atom is 0.142 e. The molecule has 0 spiro atoms. The largest absolute Gasteiger partial charge is 0.505 e. The molecule has 168 valence electrons. The number of hydrogen-bond acceptors (Lipinski definition) is 5. The summed E-state index contributed by atoms with van der Waals surface area (Å²) < 4.78 is 0. The number of aromatic hydroxyl groups is 2. The number of phenols is 2. The topological polar surface area (TPSA) is 92.5 Å². The van der Waals surface area contributed by atoms with Gasteiger partial charge in [-0.25, -0.2) is 0 Å². The third-order valence-electron chi connectivity index (χ3n) is 7.49. The molecule has 5 heteroatoms. The Kier molecular flexibility index (Phi) is 6.61. The Balaban J connectivity index is 1.73. The van der Waals surface area contributed by atoms with Gasteiger partial charge in [-0.2, -0.15) is 0 Å². The van der Waals surface area contributed by atoms with Crippen LogP contribution in [0.25, 0.3) is 0 Å². The fourth-order valence-corrected chi connectivity index (χ4v) is 6.48. The number of anilines is 2. The third-order valence-corrected chi connectivity index (χ3v) is 8.78. The smallest absolute Gasteiger partial charge is 0.142 e. The highest BCUT2D eigenvalue weighted by Crippen LogP contribution is 2.48. The standard InChI is InChI=1S/C26H36N2O2S/c1-15-21(13-19(25(29)23(15)27)17-9-5-3-6-10-17)31-22-14-20(18-11-7-4-8-12-18)26(30)24(28)16(22)2/h13-14,17-18,29-30H,3-12,27-28H2,1-2H3. The Morgan fingerprint density at radius 3 is 1.39 bits per heavy atom. The van der Waals surface area contributed by atoms with Crippen LogP contribution in [0.4, 0.5) is 11.4 Å². The summed E-state index contributed by atoms with van der Waals surface area (Å²) in [6.45, 7) is 3.95. The fraction of sp³-hybridized carbons (Fsp3) is 0.538. The third kappa shape index (κ3) is 4.34. The average Bonchev–Trinajstić information content (AvgIpc) is 2.80. The molecule has 2 aliphatic carbocycles. The van der Waals surface area contributed by atoms with Crippen LogP contribution in [0.1, 0.15) is 98.3 Å². The van der Waals surface area contributed by atoms with Gasteiger partial charge in [0.15, 0.2) is 0 Å². The van der Waals surface area contributed by atoms with Crippen molar-refractivity contribution in [1.82, 2.24) is 0 Å². The Labute approximate surface area is 190 Å². The van der Waals surface area contributed by atoms with E-state index >= 15 is 0 Å². The second kappa shape index (κ2) is 9.23. The second-order valence-electron chi connectivity index (χ2n) is 9.47. The first-order valence-corrected chi connectivity index (χ1v) is 12.6. The Bertz CT molecular complexity index is 883. The van der Waals surface area contributed by atoms with Gasteiger partial charge in [-0.3, -0.25) is 0 Å². The van der Waals surface area contributed by atoms with Gasteiger partial charge >= 0.3 is 0 Å². The quantitative estimate of drug-likeness (QED) is 0.300. The van der Waals surface area contributed by atoms with Gasteiger partial charge in [0.2, 0.25) is 0 Å². The molecule has 0 radical (unpaired) electrons. The van der Waals surface area contributed by atoms with Gasteiger partial charge < -0.3 is 21.7 Å². The number of nitrogen functional groups attached to an aromatic ring is 2. The lowest BCUT2D eigenvalue weighted by Gasteiger charge is -2.26. The van der Waals surface area contributed by atoms with E-state index in [4.69, 9.17) is 11.5 Å². The summed E-state index contributed by atoms with van der Waals surface area (Å²) in [6.07, 6.45) is 11.8. The van der Waals surface area contributed by atoms with Gasteiger partial charge in [0, 0.05) is 20.9 Å². The Hall–Kier alpha value is -2.01. The van der Waals surface area contributed by atoms with E-state index in [1.807, 2.05) is 13.8 Å². The van der Waals surface area contributed by atoms with Crippen molar-refractivity contribution in [2.75, 3.05) is 11.5 Å². The van der Waals surface area contributed by atoms with Gasteiger partial charge in [0.1, 0.15) is 11.5 Å². The zero-order chi connectivity index (χ0) is 22.1. The maximum atomic E-state index is 10.8. The average molecular weight is 441 g/mol. The lowest BCUT2D eigenvalue weighted by Crippen LogP contribution is -2.08. The number of nitrogens with two attached hydrogens (primary N) is 2. The lowest BCUT2D eigenvalue weighted by molar-refractivity contribution is 0.414. The van der Waals surface area contributed by atoms with E-state index in [1.54, 1.807) is 11.8 Å². The summed E-state index contributed by atoms with van der Waals surface area (Å²) in [5, 5.41) is 21.6. The molecule has 0 saturated heterocycles. The summed E-state index contributed by atoms with van der Waals surface area (Å²) in [7, 11) is 0. The minimum atomic E-state index is 0.263. The molecule has 0 aliphatic heterocycles. The van der Waals surface area contributed by atoms with Gasteiger partial charge in [0.25, 0.3) is 0 Å². The zero-order valence-corrected chi connectivity index (χ0v) is 19.7. The van der Waals surface area contributed by atoms with Crippen molar-refractivity contribution in [2.24, 2.45) is 0 Å². The number of hydrogen-bond donors (Lipinski definition) is 4. The summed E-state index contributed by atoms with van der Waals surface area (Å²) >= 11 is 1.66. The van der Waals surface area contributed by atoms with Gasteiger partial charge in [-0.1, -0.05) is 50.3 Å². The number of rotatable bonds is 4. The highest BCUT2D eigenvalue weighted by Gasteiger charge is 2.25. The summed E-state index contributed by atoms with van der Waals surface area (Å²) in [6, 6.07) is 4.29. The molecule has 0 atom stereocenters. The predicted molar refractivity (Wildman–Crippen MR) is 130 cm³/mol. The van der Waals surface area contributed by atoms with E-state index in [9.17, 15) is 10.2 Å². The molecule has 31 heavy (non-hydrogen) atoms. The molecule has 0 unspecified atom stereocenters. The van der Waals surface area contributed by atoms with E-state index in [1.165, 1.54) is 38.5 Å². The van der Waals surface area contributed by atoms with Crippen molar-refractivity contribution in [3.63, 3.8) is 0 Å². The van der Waals surface area contributed by atoms with Crippen LogP contribution < -0.4 is 11.5 Å². The van der Waals surface area contributed by atoms with E-state index in [0.717, 1.165) is 57.7 Å². The van der Waals surface area contributed by atoms with Crippen LogP contribution >= 0.6 is 11.8 Å². The first kappa shape index (κ1) is 22.2. The molecule has 0 heterocycles. The predicted octanol–water partition coefficient (Wildman–Crippen LogP) is 7.13. The maximum absolute atomic E-state index is 10.8. The molecule has 0 bridgehead atoms. The molecule has 4 nitrogen and oxygen atoms in total. The van der Waals surface area contributed by atoms with E-state index in [2.05, 4.69) is 12.1 Å². The molecule has 0 aromatic heterocycles. The number of phenolic OH excluding ortho intramolecular Hbond substituents is 2. The summed E-state index contributed by atoms with van der Waals surface area (Å²) in [4.78, 5) is 2.14. The van der Waals surface area contributed by atoms with Crippen LogP contribution in [-0.4, -0.2) is 10.2 Å². The SMILES string of the molecule is Cc1c(Sc2cc(C3CCCCC3)c(O)c(N)c2C)cc(C2CCCCC2)c(O)c1N. The number of benzene rings is 2. The van der Waals surface area contributed by atoms with Gasteiger partial charge in [-0.15, -0.1) is 0 Å². The normalized spacial score (nSPS) is 18.4. The van der Waals surface area contributed by atoms with Crippen LogP contribution in [0, 0.1) is 13.8 Å². The van der Waals surface area contributed by atoms with Crippen LogP contribution in [-0.2, 0) is 0 Å². The van der Waals surface area contributed by atoms with E-state index in [0.29, 0.717) is 23.2 Å². The highest BCUT2D eigenvalue weighted by atomic mass is 32.2. The van der Waals surface area contributed by atoms with Crippen molar-refractivity contribution < 1.29 is 10.2 Å². The molecule has 2 saturated carbocycles. The molecule has 2 fully saturated rings. The molecular formula is C26H36N2O2S.